The van der Waals surface area contributed by atoms with Crippen molar-refractivity contribution in [1.29, 1.82) is 0 Å². The number of benzene rings is 1. The predicted octanol–water partition coefficient (Wildman–Crippen LogP) is 3.21. The van der Waals surface area contributed by atoms with Gasteiger partial charge in [-0.2, -0.15) is 0 Å². The molecule has 7 N–H and O–H groups in total. The normalized spacial score (nSPS) is 11.4. The Morgan fingerprint density at radius 2 is 1.35 bits per heavy atom. The molecule has 0 spiro atoms. The van der Waals surface area contributed by atoms with Crippen LogP contribution in [0.25, 0.3) is 22.2 Å². The summed E-state index contributed by atoms with van der Waals surface area (Å²) >= 11 is 0. The number of allylic oxidation sites excluding steroid dienone is 2. The van der Waals surface area contributed by atoms with Crippen LogP contribution in [0.15, 0.2) is 45.4 Å². The first kappa shape index (κ1) is 42.2. The Kier molecular flexibility index (Phi) is 12.7. The van der Waals surface area contributed by atoms with E-state index in [1.165, 1.54) is 29.4 Å². The second-order valence-corrected chi connectivity index (χ2v) is 13.5. The zero-order valence-corrected chi connectivity index (χ0v) is 33.9. The lowest BCUT2D eigenvalue weighted by molar-refractivity contribution is -0.132. The van der Waals surface area contributed by atoms with Crippen LogP contribution in [0.1, 0.15) is 91.7 Å². The van der Waals surface area contributed by atoms with Crippen molar-refractivity contribution >= 4 is 63.6 Å². The quantitative estimate of drug-likeness (QED) is 0.0473. The van der Waals surface area contributed by atoms with E-state index in [1.807, 2.05) is 13.8 Å². The first-order valence-corrected chi connectivity index (χ1v) is 19.0. The molecule has 5 aromatic heterocycles. The molecule has 0 saturated heterocycles. The molecule has 21 nitrogen and oxygen atoms in total. The summed E-state index contributed by atoms with van der Waals surface area (Å²) in [6.07, 6.45) is 6.27. The van der Waals surface area contributed by atoms with Gasteiger partial charge in [0, 0.05) is 59.2 Å². The standard InChI is InChI=1S/C39H45N13O8/c1-7-24-31(59-20(3)44-24)36(56)48-38-46-26-16-22(33(40)54)18-28(58-15-11-12-29(53)50(6)42-5)30(26)51(38)13-9-10-14-52-35-27(17-23(19-43-35)34(41)55)47-39(52)49-37(57)32-25(8-2)45-21(4)60-32/h9-10,16-19,42H,7-8,11-15H2,1-6H3,(H2,40,54)(H2,41,55)(H,46,48,56)(H,47,49,57)/b10-9+. The van der Waals surface area contributed by atoms with Crippen LogP contribution in [-0.4, -0.2) is 89.3 Å². The van der Waals surface area contributed by atoms with Crippen LogP contribution in [0.5, 0.6) is 5.75 Å². The Morgan fingerprint density at radius 1 is 0.800 bits per heavy atom. The number of aromatic nitrogens is 7. The maximum atomic E-state index is 13.6. The zero-order valence-electron chi connectivity index (χ0n) is 33.9. The first-order valence-electron chi connectivity index (χ1n) is 19.0. The number of rotatable bonds is 18. The van der Waals surface area contributed by atoms with E-state index >= 15 is 0 Å². The molecule has 0 fully saturated rings. The van der Waals surface area contributed by atoms with Gasteiger partial charge in [0.1, 0.15) is 16.8 Å². The largest absolute Gasteiger partial charge is 0.491 e. The molecule has 0 atom stereocenters. The van der Waals surface area contributed by atoms with E-state index in [0.29, 0.717) is 59.1 Å². The lowest BCUT2D eigenvalue weighted by Crippen LogP contribution is -2.36. The van der Waals surface area contributed by atoms with E-state index in [4.69, 9.17) is 25.0 Å². The highest BCUT2D eigenvalue weighted by molar-refractivity contribution is 6.05. The summed E-state index contributed by atoms with van der Waals surface area (Å²) < 4.78 is 20.7. The van der Waals surface area contributed by atoms with E-state index in [-0.39, 0.29) is 77.8 Å². The molecule has 5 amide bonds. The fourth-order valence-electron chi connectivity index (χ4n) is 6.32. The third-order valence-corrected chi connectivity index (χ3v) is 9.35. The third kappa shape index (κ3) is 8.99. The van der Waals surface area contributed by atoms with Gasteiger partial charge in [0.15, 0.2) is 17.4 Å². The molecule has 1 aromatic carbocycles. The van der Waals surface area contributed by atoms with Crippen LogP contribution in [0.2, 0.25) is 0 Å². The molecule has 0 unspecified atom stereocenters. The number of nitrogens with two attached hydrogens (primary N) is 2. The molecule has 60 heavy (non-hydrogen) atoms. The SMILES string of the molecule is CCc1nc(C)oc1C(=O)Nc1nc2cc(C(N)=O)cnc2n1C/C=C/Cn1c(NC(=O)c2oc(C)nc2CC)nc2cc(C(N)=O)cc(OCCCC(=O)N(C)NC)c21. The average molecular weight is 824 g/mol. The van der Waals surface area contributed by atoms with Crippen molar-refractivity contribution in [3.8, 4) is 5.75 Å². The number of hydrogen-bond donors (Lipinski definition) is 5. The Morgan fingerprint density at radius 3 is 1.92 bits per heavy atom. The van der Waals surface area contributed by atoms with Crippen molar-refractivity contribution in [2.45, 2.75) is 66.5 Å². The van der Waals surface area contributed by atoms with Crippen LogP contribution < -0.4 is 32.3 Å². The summed E-state index contributed by atoms with van der Waals surface area (Å²) in [7, 11) is 3.24. The summed E-state index contributed by atoms with van der Waals surface area (Å²) in [6.45, 7) is 7.27. The molecule has 6 aromatic rings. The highest BCUT2D eigenvalue weighted by atomic mass is 16.5. The Bertz CT molecular complexity index is 2650. The summed E-state index contributed by atoms with van der Waals surface area (Å²) in [5.74, 6) is -1.62. The second-order valence-electron chi connectivity index (χ2n) is 13.5. The number of ether oxygens (including phenoxy) is 1. The molecule has 0 saturated carbocycles. The molecule has 0 aliphatic carbocycles. The van der Waals surface area contributed by atoms with Gasteiger partial charge in [-0.25, -0.2) is 30.3 Å². The van der Waals surface area contributed by atoms with Crippen molar-refractivity contribution in [2.75, 3.05) is 31.3 Å². The molecule has 6 rings (SSSR count). The van der Waals surface area contributed by atoms with Crippen LogP contribution >= 0.6 is 0 Å². The van der Waals surface area contributed by atoms with Gasteiger partial charge in [0.05, 0.1) is 29.1 Å². The molecular formula is C39H45N13O8. The van der Waals surface area contributed by atoms with Gasteiger partial charge in [0.25, 0.3) is 11.8 Å². The lowest BCUT2D eigenvalue weighted by Gasteiger charge is -2.15. The van der Waals surface area contributed by atoms with Crippen LogP contribution in [-0.2, 0) is 30.7 Å². The maximum absolute atomic E-state index is 13.6. The summed E-state index contributed by atoms with van der Waals surface area (Å²) in [6, 6.07) is 4.44. The number of nitrogens with zero attached hydrogens (tertiary/aromatic N) is 8. The molecular weight excluding hydrogens is 779 g/mol. The number of carbonyl (C=O) groups excluding carboxylic acids is 5. The summed E-state index contributed by atoms with van der Waals surface area (Å²) in [4.78, 5) is 86.1. The molecule has 314 valence electrons. The van der Waals surface area contributed by atoms with Crippen molar-refractivity contribution < 1.29 is 37.5 Å². The van der Waals surface area contributed by atoms with Gasteiger partial charge < -0.3 is 29.6 Å². The molecule has 0 radical (unpaired) electrons. The van der Waals surface area contributed by atoms with Gasteiger partial charge in [-0.3, -0.25) is 44.2 Å². The number of fused-ring (bicyclic) bond motifs is 2. The average Bonchev–Trinajstić information content (AvgIpc) is 3.99. The van der Waals surface area contributed by atoms with Gasteiger partial charge in [-0.05, 0) is 37.5 Å². The Balaban J connectivity index is 1.36. The monoisotopic (exact) mass is 823 g/mol. The first-order chi connectivity index (χ1) is 28.7. The summed E-state index contributed by atoms with van der Waals surface area (Å²) in [5, 5.41) is 6.97. The van der Waals surface area contributed by atoms with E-state index in [9.17, 15) is 24.0 Å². The molecule has 0 aliphatic rings. The van der Waals surface area contributed by atoms with Crippen LogP contribution in [0.4, 0.5) is 11.9 Å². The number of pyridine rings is 1. The zero-order chi connectivity index (χ0) is 43.2. The van der Waals surface area contributed by atoms with E-state index in [2.05, 4.69) is 41.0 Å². The number of carbonyl (C=O) groups is 5. The van der Waals surface area contributed by atoms with Crippen LogP contribution in [0, 0.1) is 13.8 Å². The minimum Gasteiger partial charge on any atom is -0.491 e. The highest BCUT2D eigenvalue weighted by Gasteiger charge is 2.25. The molecule has 0 bridgehead atoms. The summed E-state index contributed by atoms with van der Waals surface area (Å²) in [5.41, 5.74) is 16.5. The van der Waals surface area contributed by atoms with Gasteiger partial charge in [-0.15, -0.1) is 0 Å². The maximum Gasteiger partial charge on any atom is 0.295 e. The fourth-order valence-corrected chi connectivity index (χ4v) is 6.32. The number of anilines is 2. The number of primary amides is 2. The Labute approximate surface area is 342 Å². The molecule has 0 aliphatic heterocycles. The van der Waals surface area contributed by atoms with E-state index in [1.54, 1.807) is 49.2 Å². The smallest absolute Gasteiger partial charge is 0.295 e. The lowest BCUT2D eigenvalue weighted by atomic mass is 10.1. The van der Waals surface area contributed by atoms with Crippen molar-refractivity contribution in [1.82, 2.24) is 44.5 Å². The number of aryl methyl sites for hydroxylation is 4. The minimum absolute atomic E-state index is 0.0229. The number of nitrogens with one attached hydrogen (secondary N) is 3. The second kappa shape index (κ2) is 18.0. The Hall–Kier alpha value is -7.42. The number of amides is 5. The topological polar surface area (TPSA) is 287 Å². The third-order valence-electron chi connectivity index (χ3n) is 9.35. The molecule has 21 heteroatoms. The van der Waals surface area contributed by atoms with Gasteiger partial charge in [0.2, 0.25) is 41.1 Å². The van der Waals surface area contributed by atoms with Gasteiger partial charge >= 0.3 is 0 Å². The number of hydrazine groups is 1. The van der Waals surface area contributed by atoms with Crippen molar-refractivity contribution in [2.24, 2.45) is 11.5 Å². The molecule has 5 heterocycles. The predicted molar refractivity (Wildman–Crippen MR) is 217 cm³/mol. The van der Waals surface area contributed by atoms with E-state index < -0.39 is 23.6 Å². The number of imidazole rings is 2. The number of oxazole rings is 2. The van der Waals surface area contributed by atoms with E-state index in [0.717, 1.165) is 0 Å². The minimum atomic E-state index is -0.728. The highest BCUT2D eigenvalue weighted by Crippen LogP contribution is 2.32. The van der Waals surface area contributed by atoms with Gasteiger partial charge in [-0.1, -0.05) is 26.0 Å². The van der Waals surface area contributed by atoms with Crippen molar-refractivity contribution in [3.63, 3.8) is 0 Å². The van der Waals surface area contributed by atoms with Crippen LogP contribution in [0.3, 0.4) is 0 Å². The fraction of sp³-hybridized carbons (Fsp3) is 0.333. The van der Waals surface area contributed by atoms with Crippen molar-refractivity contribution in [3.05, 3.63) is 82.4 Å². The number of hydrogen-bond acceptors (Lipinski definition) is 14.